The molecule has 0 saturated carbocycles. The minimum absolute atomic E-state index is 0.0217. The summed E-state index contributed by atoms with van der Waals surface area (Å²) in [5.74, 6) is 0.996. The molecule has 0 bridgehead atoms. The minimum atomic E-state index is -0.283. The van der Waals surface area contributed by atoms with Crippen LogP contribution in [0.2, 0.25) is 5.02 Å². The smallest absolute Gasteiger partial charge is 0.253 e. The number of aryl methyl sites for hydroxylation is 1. The van der Waals surface area contributed by atoms with Crippen molar-refractivity contribution in [2.75, 3.05) is 50.1 Å². The molecule has 0 unspecified atom stereocenters. The van der Waals surface area contributed by atoms with Gasteiger partial charge >= 0.3 is 0 Å². The highest BCUT2D eigenvalue weighted by atomic mass is 35.5. The number of rotatable bonds is 8. The van der Waals surface area contributed by atoms with Crippen LogP contribution in [0.3, 0.4) is 0 Å². The number of carbonyl (C=O) groups excluding carboxylic acids is 2. The predicted molar refractivity (Wildman–Crippen MR) is 153 cm³/mol. The molecular weight excluding hydrogens is 502 g/mol. The first-order chi connectivity index (χ1) is 18.4. The van der Waals surface area contributed by atoms with Gasteiger partial charge in [-0.25, -0.2) is 0 Å². The molecule has 1 heterocycles. The Morgan fingerprint density at radius 1 is 1.00 bits per heavy atom. The van der Waals surface area contributed by atoms with Crippen LogP contribution in [0, 0.1) is 6.92 Å². The van der Waals surface area contributed by atoms with Gasteiger partial charge in [-0.15, -0.1) is 0 Å². The summed E-state index contributed by atoms with van der Waals surface area (Å²) in [7, 11) is 1.58. The average molecular weight is 534 g/mol. The van der Waals surface area contributed by atoms with Gasteiger partial charge in [-0.2, -0.15) is 0 Å². The van der Waals surface area contributed by atoms with Crippen molar-refractivity contribution < 1.29 is 19.1 Å². The van der Waals surface area contributed by atoms with Gasteiger partial charge in [0.05, 0.1) is 30.1 Å². The highest BCUT2D eigenvalue weighted by Crippen LogP contribution is 2.35. The number of piperazine rings is 1. The van der Waals surface area contributed by atoms with Crippen LogP contribution >= 0.6 is 11.6 Å². The average Bonchev–Trinajstić information content (AvgIpc) is 2.93. The van der Waals surface area contributed by atoms with Gasteiger partial charge in [0.15, 0.2) is 11.5 Å². The summed E-state index contributed by atoms with van der Waals surface area (Å²) in [5, 5.41) is 3.50. The molecule has 1 fully saturated rings. The highest BCUT2D eigenvalue weighted by molar-refractivity contribution is 6.34. The Kier molecular flexibility index (Phi) is 8.92. The lowest BCUT2D eigenvalue weighted by atomic mass is 10.1. The first-order valence-electron chi connectivity index (χ1n) is 12.6. The molecule has 7 nitrogen and oxygen atoms in total. The van der Waals surface area contributed by atoms with Crippen LogP contribution in [0.5, 0.6) is 11.5 Å². The molecule has 1 aliphatic rings. The number of ether oxygens (including phenoxy) is 2. The summed E-state index contributed by atoms with van der Waals surface area (Å²) >= 11 is 6.59. The van der Waals surface area contributed by atoms with Gasteiger partial charge in [0.2, 0.25) is 5.91 Å². The van der Waals surface area contributed by atoms with Crippen molar-refractivity contribution in [3.05, 3.63) is 88.5 Å². The first-order valence-corrected chi connectivity index (χ1v) is 13.0. The van der Waals surface area contributed by atoms with E-state index >= 15 is 0 Å². The van der Waals surface area contributed by atoms with Crippen LogP contribution in [-0.4, -0.2) is 56.6 Å². The van der Waals surface area contributed by atoms with Crippen LogP contribution in [0.25, 0.3) is 6.08 Å². The van der Waals surface area contributed by atoms with E-state index in [1.54, 1.807) is 25.3 Å². The molecule has 38 heavy (non-hydrogen) atoms. The maximum atomic E-state index is 12.9. The van der Waals surface area contributed by atoms with Crippen LogP contribution < -0.4 is 19.7 Å². The normalized spacial score (nSPS) is 13.5. The SMILES string of the molecule is CCOc1ccc(/C=C/C(=O)Nc2cccc(Cl)c2N2CCN(C(=O)c3ccc(C)cc3)CC2)cc1OC. The zero-order valence-corrected chi connectivity index (χ0v) is 22.6. The second kappa shape index (κ2) is 12.5. The van der Waals surface area contributed by atoms with E-state index in [9.17, 15) is 9.59 Å². The summed E-state index contributed by atoms with van der Waals surface area (Å²) < 4.78 is 10.9. The first kappa shape index (κ1) is 27.1. The van der Waals surface area contributed by atoms with Gasteiger partial charge in [0.1, 0.15) is 0 Å². The van der Waals surface area contributed by atoms with Crippen molar-refractivity contribution in [3.8, 4) is 11.5 Å². The topological polar surface area (TPSA) is 71.1 Å². The Hall–Kier alpha value is -3.97. The van der Waals surface area contributed by atoms with Gasteiger partial charge in [-0.1, -0.05) is 41.4 Å². The number of carbonyl (C=O) groups is 2. The number of nitrogens with zero attached hydrogens (tertiary/aromatic N) is 2. The molecule has 8 heteroatoms. The fourth-order valence-corrected chi connectivity index (χ4v) is 4.65. The standard InChI is InChI=1S/C30H32ClN3O4/c1-4-38-26-14-10-22(20-27(26)37-3)11-15-28(35)32-25-7-5-6-24(31)29(25)33-16-18-34(19-17-33)30(36)23-12-8-21(2)9-13-23/h5-15,20H,4,16-19H2,1-3H3,(H,32,35)/b15-11+. The van der Waals surface area contributed by atoms with Crippen LogP contribution in [0.4, 0.5) is 11.4 Å². The molecule has 1 aliphatic heterocycles. The molecule has 0 aliphatic carbocycles. The predicted octanol–water partition coefficient (Wildman–Crippen LogP) is 5.67. The number of amides is 2. The number of anilines is 2. The number of benzene rings is 3. The van der Waals surface area contributed by atoms with E-state index in [0.717, 1.165) is 16.8 Å². The van der Waals surface area contributed by atoms with Crippen molar-refractivity contribution in [3.63, 3.8) is 0 Å². The van der Waals surface area contributed by atoms with Gasteiger partial charge in [0, 0.05) is 37.8 Å². The third-order valence-corrected chi connectivity index (χ3v) is 6.65. The molecule has 0 spiro atoms. The number of nitrogens with one attached hydrogen (secondary N) is 1. The number of methoxy groups -OCH3 is 1. The fraction of sp³-hybridized carbons (Fsp3) is 0.267. The lowest BCUT2D eigenvalue weighted by Gasteiger charge is -2.37. The zero-order chi connectivity index (χ0) is 27.1. The van der Waals surface area contributed by atoms with Crippen molar-refractivity contribution >= 4 is 40.9 Å². The van der Waals surface area contributed by atoms with E-state index in [0.29, 0.717) is 60.6 Å². The molecule has 198 valence electrons. The molecular formula is C30H32ClN3O4. The molecule has 1 saturated heterocycles. The van der Waals surface area contributed by atoms with Crippen molar-refractivity contribution in [1.82, 2.24) is 4.90 Å². The maximum absolute atomic E-state index is 12.9. The number of halogens is 1. The Labute approximate surface area is 228 Å². The number of para-hydroxylation sites is 1. The van der Waals surface area contributed by atoms with Gasteiger partial charge in [0.25, 0.3) is 5.91 Å². The lowest BCUT2D eigenvalue weighted by molar-refractivity contribution is -0.111. The van der Waals surface area contributed by atoms with E-state index in [4.69, 9.17) is 21.1 Å². The molecule has 0 aromatic heterocycles. The van der Waals surface area contributed by atoms with Crippen molar-refractivity contribution in [2.24, 2.45) is 0 Å². The Morgan fingerprint density at radius 2 is 1.74 bits per heavy atom. The number of hydrogen-bond acceptors (Lipinski definition) is 5. The monoisotopic (exact) mass is 533 g/mol. The molecule has 3 aromatic rings. The Bertz CT molecular complexity index is 1320. The Morgan fingerprint density at radius 3 is 2.42 bits per heavy atom. The van der Waals surface area contributed by atoms with E-state index in [-0.39, 0.29) is 11.8 Å². The largest absolute Gasteiger partial charge is 0.493 e. The van der Waals surface area contributed by atoms with Crippen molar-refractivity contribution in [1.29, 1.82) is 0 Å². The van der Waals surface area contributed by atoms with Crippen LogP contribution in [0.1, 0.15) is 28.4 Å². The quantitative estimate of drug-likeness (QED) is 0.378. The van der Waals surface area contributed by atoms with Gasteiger partial charge in [-0.3, -0.25) is 9.59 Å². The lowest BCUT2D eigenvalue weighted by Crippen LogP contribution is -2.49. The van der Waals surface area contributed by atoms with Crippen LogP contribution in [-0.2, 0) is 4.79 Å². The van der Waals surface area contributed by atoms with E-state index in [2.05, 4.69) is 10.2 Å². The molecule has 0 atom stereocenters. The van der Waals surface area contributed by atoms with Crippen molar-refractivity contribution in [2.45, 2.75) is 13.8 Å². The third-order valence-electron chi connectivity index (χ3n) is 6.34. The molecule has 2 amide bonds. The summed E-state index contributed by atoms with van der Waals surface area (Å²) in [4.78, 5) is 29.7. The van der Waals surface area contributed by atoms with E-state index in [1.807, 2.05) is 67.3 Å². The number of hydrogen-bond donors (Lipinski definition) is 1. The second-order valence-corrected chi connectivity index (χ2v) is 9.35. The Balaban J connectivity index is 1.42. The van der Waals surface area contributed by atoms with Gasteiger partial charge < -0.3 is 24.6 Å². The third kappa shape index (κ3) is 6.47. The minimum Gasteiger partial charge on any atom is -0.493 e. The van der Waals surface area contributed by atoms with E-state index < -0.39 is 0 Å². The fourth-order valence-electron chi connectivity index (χ4n) is 4.36. The van der Waals surface area contributed by atoms with Crippen LogP contribution in [0.15, 0.2) is 66.7 Å². The molecule has 0 radical (unpaired) electrons. The molecule has 1 N–H and O–H groups in total. The maximum Gasteiger partial charge on any atom is 0.253 e. The van der Waals surface area contributed by atoms with Gasteiger partial charge in [-0.05, 0) is 61.9 Å². The molecule has 4 rings (SSSR count). The second-order valence-electron chi connectivity index (χ2n) is 8.95. The zero-order valence-electron chi connectivity index (χ0n) is 21.9. The molecule has 3 aromatic carbocycles. The summed E-state index contributed by atoms with van der Waals surface area (Å²) in [6.07, 6.45) is 3.19. The van der Waals surface area contributed by atoms with E-state index in [1.165, 1.54) is 6.08 Å². The highest BCUT2D eigenvalue weighted by Gasteiger charge is 2.25. The summed E-state index contributed by atoms with van der Waals surface area (Å²) in [6.45, 7) is 6.77. The summed E-state index contributed by atoms with van der Waals surface area (Å²) in [5.41, 5.74) is 3.98. The summed E-state index contributed by atoms with van der Waals surface area (Å²) in [6, 6.07) is 18.6.